The van der Waals surface area contributed by atoms with Crippen molar-refractivity contribution in [1.82, 2.24) is 10.3 Å². The van der Waals surface area contributed by atoms with Crippen molar-refractivity contribution in [1.29, 1.82) is 0 Å². The van der Waals surface area contributed by atoms with E-state index in [9.17, 15) is 19.2 Å². The molecule has 1 aromatic heterocycles. The van der Waals surface area contributed by atoms with Crippen molar-refractivity contribution >= 4 is 30.4 Å². The Kier molecular flexibility index (Phi) is 9.00. The summed E-state index contributed by atoms with van der Waals surface area (Å²) in [7, 11) is 1.46. The molecule has 1 N–H and O–H groups in total. The quantitative estimate of drug-likeness (QED) is 0.265. The number of ether oxygens (including phenoxy) is 4. The van der Waals surface area contributed by atoms with E-state index in [1.807, 2.05) is 0 Å². The van der Waals surface area contributed by atoms with Crippen LogP contribution in [0.2, 0.25) is 0 Å². The average Bonchev–Trinajstić information content (AvgIpc) is 3.69. The van der Waals surface area contributed by atoms with Gasteiger partial charge in [0.2, 0.25) is 6.29 Å². The molecule has 0 saturated heterocycles. The van der Waals surface area contributed by atoms with Crippen LogP contribution in [0.15, 0.2) is 30.8 Å². The van der Waals surface area contributed by atoms with Crippen LogP contribution in [-0.2, 0) is 14.2 Å². The summed E-state index contributed by atoms with van der Waals surface area (Å²) in [5, 5.41) is 2.80. The highest BCUT2D eigenvalue weighted by atomic mass is 16.8. The fourth-order valence-corrected chi connectivity index (χ4v) is 3.48. The van der Waals surface area contributed by atoms with E-state index in [-0.39, 0.29) is 22.5 Å². The van der Waals surface area contributed by atoms with Gasteiger partial charge in [0.05, 0.1) is 13.2 Å². The summed E-state index contributed by atoms with van der Waals surface area (Å²) in [4.78, 5) is 53.9. The fraction of sp³-hybridized carbons (Fsp3) is 0.370. The fourth-order valence-electron chi connectivity index (χ4n) is 3.48. The number of hydrogen-bond donors (Lipinski definition) is 1. The second-order valence-corrected chi connectivity index (χ2v) is 8.76. The number of methoxy groups -OCH3 is 1. The monoisotopic (exact) mass is 510 g/mol. The first-order valence-corrected chi connectivity index (χ1v) is 11.8. The molecule has 0 aliphatic heterocycles. The summed E-state index contributed by atoms with van der Waals surface area (Å²) >= 11 is 0. The summed E-state index contributed by atoms with van der Waals surface area (Å²) in [5.74, 6) is -0.565. The number of esters is 1. The standard InChI is InChI=1S/C27H30N2O8/c1-6-18-11-19(14-30)21(12-23(18)34-5)20-9-10-22(25(31)28-13-17-7-8-17)29-24(20)26(32)36-16(4)37-27(33)35-15(2)3/h6,9-12,14-17H,1,7-8,13H2,2-5H3,(H,28,31). The van der Waals surface area contributed by atoms with Crippen molar-refractivity contribution in [2.45, 2.75) is 46.0 Å². The molecule has 1 aliphatic rings. The number of hydrogen-bond acceptors (Lipinski definition) is 9. The van der Waals surface area contributed by atoms with E-state index in [2.05, 4.69) is 16.9 Å². The highest BCUT2D eigenvalue weighted by Crippen LogP contribution is 2.33. The van der Waals surface area contributed by atoms with Crippen LogP contribution in [0.3, 0.4) is 0 Å². The third-order valence-electron chi connectivity index (χ3n) is 5.48. The molecular weight excluding hydrogens is 480 g/mol. The highest BCUT2D eigenvalue weighted by Gasteiger charge is 2.26. The first-order valence-electron chi connectivity index (χ1n) is 11.8. The number of rotatable bonds is 11. The van der Waals surface area contributed by atoms with Crippen LogP contribution in [0.25, 0.3) is 17.2 Å². The molecule has 0 bridgehead atoms. The molecule has 1 unspecified atom stereocenters. The summed E-state index contributed by atoms with van der Waals surface area (Å²) in [6.45, 7) is 8.86. The Morgan fingerprint density at radius 3 is 2.41 bits per heavy atom. The third-order valence-corrected chi connectivity index (χ3v) is 5.48. The summed E-state index contributed by atoms with van der Waals surface area (Å²) in [6, 6.07) is 6.09. The van der Waals surface area contributed by atoms with Crippen LogP contribution in [0.5, 0.6) is 5.75 Å². The van der Waals surface area contributed by atoms with Crippen molar-refractivity contribution in [3.05, 3.63) is 53.4 Å². The molecule has 0 radical (unpaired) electrons. The van der Waals surface area contributed by atoms with Crippen molar-refractivity contribution in [2.75, 3.05) is 13.7 Å². The van der Waals surface area contributed by atoms with Crippen LogP contribution in [0.1, 0.15) is 70.5 Å². The Labute approximate surface area is 215 Å². The number of nitrogens with zero attached hydrogens (tertiary/aromatic N) is 1. The predicted molar refractivity (Wildman–Crippen MR) is 134 cm³/mol. The SMILES string of the molecule is C=Cc1cc(C=O)c(-c2ccc(C(=O)NCC3CC3)nc2C(=O)OC(C)OC(=O)OC(C)C)cc1OC. The second kappa shape index (κ2) is 12.2. The summed E-state index contributed by atoms with van der Waals surface area (Å²) in [5.41, 5.74) is 1.11. The molecule has 196 valence electrons. The van der Waals surface area contributed by atoms with Gasteiger partial charge in [-0.25, -0.2) is 14.6 Å². The Hall–Kier alpha value is -4.21. The summed E-state index contributed by atoms with van der Waals surface area (Å²) < 4.78 is 20.5. The molecule has 1 atom stereocenters. The van der Waals surface area contributed by atoms with Crippen molar-refractivity contribution in [3.8, 4) is 16.9 Å². The maximum atomic E-state index is 13.2. The topological polar surface area (TPSA) is 130 Å². The van der Waals surface area contributed by atoms with E-state index < -0.39 is 30.4 Å². The molecule has 1 saturated carbocycles. The van der Waals surface area contributed by atoms with E-state index in [0.29, 0.717) is 35.6 Å². The van der Waals surface area contributed by atoms with Crippen LogP contribution in [-0.4, -0.2) is 55.4 Å². The van der Waals surface area contributed by atoms with E-state index in [0.717, 1.165) is 12.8 Å². The number of benzene rings is 1. The molecule has 3 rings (SSSR count). The van der Waals surface area contributed by atoms with Crippen molar-refractivity contribution in [3.63, 3.8) is 0 Å². The number of amides is 1. The maximum absolute atomic E-state index is 13.2. The van der Waals surface area contributed by atoms with E-state index >= 15 is 0 Å². The highest BCUT2D eigenvalue weighted by molar-refractivity contribution is 6.01. The smallest absolute Gasteiger partial charge is 0.496 e. The molecule has 0 spiro atoms. The third kappa shape index (κ3) is 7.16. The zero-order valence-corrected chi connectivity index (χ0v) is 21.2. The molecule has 1 aliphatic carbocycles. The largest absolute Gasteiger partial charge is 0.511 e. The van der Waals surface area contributed by atoms with E-state index in [1.54, 1.807) is 26.0 Å². The van der Waals surface area contributed by atoms with Gasteiger partial charge in [-0.15, -0.1) is 0 Å². The maximum Gasteiger partial charge on any atom is 0.511 e. The van der Waals surface area contributed by atoms with Gasteiger partial charge in [0.1, 0.15) is 11.4 Å². The van der Waals surface area contributed by atoms with E-state index in [1.165, 1.54) is 32.2 Å². The van der Waals surface area contributed by atoms with Gasteiger partial charge < -0.3 is 24.3 Å². The average molecular weight is 511 g/mol. The normalized spacial score (nSPS) is 13.3. The number of carbonyl (C=O) groups excluding carboxylic acids is 4. The van der Waals surface area contributed by atoms with Crippen molar-refractivity contribution in [2.24, 2.45) is 5.92 Å². The van der Waals surface area contributed by atoms with Gasteiger partial charge in [0.25, 0.3) is 5.91 Å². The minimum atomic E-state index is -1.32. The number of pyridine rings is 1. The van der Waals surface area contributed by atoms with Crippen molar-refractivity contribution < 1.29 is 38.1 Å². The van der Waals surface area contributed by atoms with Crippen LogP contribution >= 0.6 is 0 Å². The minimum absolute atomic E-state index is 0.00790. The van der Waals surface area contributed by atoms with Gasteiger partial charge in [0, 0.05) is 30.2 Å². The van der Waals surface area contributed by atoms with Gasteiger partial charge in [-0.2, -0.15) is 0 Å². The molecule has 1 heterocycles. The Bertz CT molecular complexity index is 1200. The second-order valence-electron chi connectivity index (χ2n) is 8.76. The number of carbonyl (C=O) groups is 4. The van der Waals surface area contributed by atoms with Gasteiger partial charge in [0.15, 0.2) is 12.0 Å². The van der Waals surface area contributed by atoms with Crippen LogP contribution in [0, 0.1) is 5.92 Å². The molecule has 10 heteroatoms. The number of nitrogens with one attached hydrogen (secondary N) is 1. The van der Waals surface area contributed by atoms with Gasteiger partial charge in [-0.05, 0) is 62.4 Å². The lowest BCUT2D eigenvalue weighted by Crippen LogP contribution is -2.28. The molecular formula is C27H30N2O8. The molecule has 10 nitrogen and oxygen atoms in total. The van der Waals surface area contributed by atoms with Crippen LogP contribution in [0.4, 0.5) is 4.79 Å². The van der Waals surface area contributed by atoms with E-state index in [4.69, 9.17) is 18.9 Å². The lowest BCUT2D eigenvalue weighted by Gasteiger charge is -2.17. The Balaban J connectivity index is 2.00. The van der Waals surface area contributed by atoms with Crippen LogP contribution < -0.4 is 10.1 Å². The lowest BCUT2D eigenvalue weighted by molar-refractivity contribution is -0.0868. The number of aldehydes is 1. The van der Waals surface area contributed by atoms with Gasteiger partial charge in [-0.3, -0.25) is 9.59 Å². The molecule has 2 aromatic rings. The molecule has 1 fully saturated rings. The first kappa shape index (κ1) is 27.4. The van der Waals surface area contributed by atoms with Gasteiger partial charge in [-0.1, -0.05) is 12.7 Å². The zero-order chi connectivity index (χ0) is 27.1. The molecule has 1 aromatic carbocycles. The lowest BCUT2D eigenvalue weighted by atomic mass is 9.95. The zero-order valence-electron chi connectivity index (χ0n) is 21.2. The predicted octanol–water partition coefficient (Wildman–Crippen LogP) is 4.42. The first-order chi connectivity index (χ1) is 17.7. The Morgan fingerprint density at radius 2 is 1.81 bits per heavy atom. The summed E-state index contributed by atoms with van der Waals surface area (Å²) in [6.07, 6.45) is 1.52. The number of aromatic nitrogens is 1. The Morgan fingerprint density at radius 1 is 1.08 bits per heavy atom. The van der Waals surface area contributed by atoms with Gasteiger partial charge >= 0.3 is 12.1 Å². The minimum Gasteiger partial charge on any atom is -0.496 e. The molecule has 1 amide bonds. The molecule has 37 heavy (non-hydrogen) atoms.